The van der Waals surface area contributed by atoms with Gasteiger partial charge >= 0.3 is 0 Å². The van der Waals surface area contributed by atoms with Crippen molar-refractivity contribution >= 4 is 31.9 Å². The van der Waals surface area contributed by atoms with Crippen LogP contribution in [0.5, 0.6) is 0 Å². The van der Waals surface area contributed by atoms with Crippen molar-refractivity contribution in [2.75, 3.05) is 13.2 Å². The first-order valence-corrected chi connectivity index (χ1v) is 6.76. The van der Waals surface area contributed by atoms with E-state index in [1.165, 1.54) is 0 Å². The molecule has 1 atom stereocenters. The van der Waals surface area contributed by atoms with E-state index < -0.39 is 0 Å². The SMILES string of the molecule is CCCOCC(NN)c1cc(Br)ccc1Br. The summed E-state index contributed by atoms with van der Waals surface area (Å²) < 4.78 is 7.56. The highest BCUT2D eigenvalue weighted by Gasteiger charge is 2.13. The Labute approximate surface area is 113 Å². The summed E-state index contributed by atoms with van der Waals surface area (Å²) in [5, 5.41) is 0. The molecule has 1 aromatic rings. The number of hydrazine groups is 1. The van der Waals surface area contributed by atoms with Crippen molar-refractivity contribution in [1.29, 1.82) is 0 Å². The molecule has 0 fully saturated rings. The fourth-order valence-corrected chi connectivity index (χ4v) is 2.26. The topological polar surface area (TPSA) is 47.3 Å². The first kappa shape index (κ1) is 14.1. The molecular weight excluding hydrogens is 336 g/mol. The minimum absolute atomic E-state index is 0.00146. The van der Waals surface area contributed by atoms with E-state index in [0.29, 0.717) is 6.61 Å². The minimum Gasteiger partial charge on any atom is -0.379 e. The largest absolute Gasteiger partial charge is 0.379 e. The molecule has 0 heterocycles. The quantitative estimate of drug-likeness (QED) is 0.470. The van der Waals surface area contributed by atoms with E-state index in [-0.39, 0.29) is 6.04 Å². The second kappa shape index (κ2) is 7.40. The zero-order valence-corrected chi connectivity index (χ0v) is 12.3. The lowest BCUT2D eigenvalue weighted by Gasteiger charge is -2.18. The van der Waals surface area contributed by atoms with E-state index in [1.54, 1.807) is 0 Å². The highest BCUT2D eigenvalue weighted by Crippen LogP contribution is 2.26. The highest BCUT2D eigenvalue weighted by molar-refractivity contribution is 9.11. The van der Waals surface area contributed by atoms with Crippen molar-refractivity contribution in [1.82, 2.24) is 5.43 Å². The van der Waals surface area contributed by atoms with Crippen molar-refractivity contribution in [3.05, 3.63) is 32.7 Å². The number of ether oxygens (including phenoxy) is 1. The third kappa shape index (κ3) is 4.14. The van der Waals surface area contributed by atoms with Crippen LogP contribution in [0.15, 0.2) is 27.1 Å². The van der Waals surface area contributed by atoms with Gasteiger partial charge in [-0.1, -0.05) is 38.8 Å². The smallest absolute Gasteiger partial charge is 0.0705 e. The fourth-order valence-electron chi connectivity index (χ4n) is 1.35. The summed E-state index contributed by atoms with van der Waals surface area (Å²) in [6, 6.07) is 6.00. The average Bonchev–Trinajstić information content (AvgIpc) is 2.28. The molecule has 3 N–H and O–H groups in total. The summed E-state index contributed by atoms with van der Waals surface area (Å²) >= 11 is 6.95. The van der Waals surface area contributed by atoms with Crippen molar-refractivity contribution in [3.63, 3.8) is 0 Å². The van der Waals surface area contributed by atoms with Crippen LogP contribution < -0.4 is 11.3 Å². The van der Waals surface area contributed by atoms with Gasteiger partial charge in [-0.25, -0.2) is 0 Å². The summed E-state index contributed by atoms with van der Waals surface area (Å²) in [6.07, 6.45) is 1.01. The van der Waals surface area contributed by atoms with Crippen LogP contribution in [0, 0.1) is 0 Å². The van der Waals surface area contributed by atoms with Crippen LogP contribution >= 0.6 is 31.9 Å². The predicted molar refractivity (Wildman–Crippen MR) is 73.0 cm³/mol. The molecule has 0 spiro atoms. The lowest BCUT2D eigenvalue weighted by atomic mass is 10.1. The Bertz CT molecular complexity index is 334. The number of nitrogens with one attached hydrogen (secondary N) is 1. The molecule has 1 rings (SSSR count). The van der Waals surface area contributed by atoms with Crippen LogP contribution in [0.4, 0.5) is 0 Å². The van der Waals surface area contributed by atoms with Gasteiger partial charge in [0.15, 0.2) is 0 Å². The van der Waals surface area contributed by atoms with Gasteiger partial charge in [0, 0.05) is 15.6 Å². The molecule has 0 aliphatic carbocycles. The summed E-state index contributed by atoms with van der Waals surface area (Å²) in [4.78, 5) is 0. The molecular formula is C11H16Br2N2O. The Balaban J connectivity index is 2.73. The van der Waals surface area contributed by atoms with Gasteiger partial charge in [-0.3, -0.25) is 11.3 Å². The Morgan fingerprint density at radius 1 is 1.44 bits per heavy atom. The molecule has 0 aromatic heterocycles. The Morgan fingerprint density at radius 3 is 2.81 bits per heavy atom. The van der Waals surface area contributed by atoms with E-state index in [0.717, 1.165) is 27.5 Å². The molecule has 0 saturated heterocycles. The average molecular weight is 352 g/mol. The van der Waals surface area contributed by atoms with Gasteiger partial charge in [-0.2, -0.15) is 0 Å². The van der Waals surface area contributed by atoms with Crippen molar-refractivity contribution in [2.24, 2.45) is 5.84 Å². The van der Waals surface area contributed by atoms with Gasteiger partial charge in [0.05, 0.1) is 12.6 Å². The van der Waals surface area contributed by atoms with E-state index in [1.807, 2.05) is 18.2 Å². The Morgan fingerprint density at radius 2 is 2.19 bits per heavy atom. The first-order valence-electron chi connectivity index (χ1n) is 5.17. The lowest BCUT2D eigenvalue weighted by Crippen LogP contribution is -2.31. The van der Waals surface area contributed by atoms with Gasteiger partial charge < -0.3 is 4.74 Å². The zero-order valence-electron chi connectivity index (χ0n) is 9.17. The number of hydrogen-bond donors (Lipinski definition) is 2. The third-order valence-corrected chi connectivity index (χ3v) is 3.38. The van der Waals surface area contributed by atoms with Gasteiger partial charge in [-0.15, -0.1) is 0 Å². The van der Waals surface area contributed by atoms with Crippen LogP contribution in [0.1, 0.15) is 24.9 Å². The maximum atomic E-state index is 5.54. The molecule has 16 heavy (non-hydrogen) atoms. The van der Waals surface area contributed by atoms with Gasteiger partial charge in [-0.05, 0) is 30.2 Å². The maximum absolute atomic E-state index is 5.54. The van der Waals surface area contributed by atoms with E-state index >= 15 is 0 Å². The summed E-state index contributed by atoms with van der Waals surface area (Å²) in [6.45, 7) is 3.41. The van der Waals surface area contributed by atoms with Crippen LogP contribution in [0.2, 0.25) is 0 Å². The van der Waals surface area contributed by atoms with Crippen molar-refractivity contribution in [2.45, 2.75) is 19.4 Å². The normalized spacial score (nSPS) is 12.8. The van der Waals surface area contributed by atoms with Crippen molar-refractivity contribution in [3.8, 4) is 0 Å². The highest BCUT2D eigenvalue weighted by atomic mass is 79.9. The second-order valence-corrected chi connectivity index (χ2v) is 5.23. The summed E-state index contributed by atoms with van der Waals surface area (Å²) in [7, 11) is 0. The second-order valence-electron chi connectivity index (χ2n) is 3.46. The molecule has 1 aromatic carbocycles. The van der Waals surface area contributed by atoms with Crippen molar-refractivity contribution < 1.29 is 4.74 Å². The van der Waals surface area contributed by atoms with Gasteiger partial charge in [0.25, 0.3) is 0 Å². The summed E-state index contributed by atoms with van der Waals surface area (Å²) in [5.74, 6) is 5.54. The number of benzene rings is 1. The zero-order chi connectivity index (χ0) is 12.0. The first-order chi connectivity index (χ1) is 7.69. The molecule has 90 valence electrons. The third-order valence-electron chi connectivity index (χ3n) is 2.17. The van der Waals surface area contributed by atoms with Crippen LogP contribution in [0.25, 0.3) is 0 Å². The minimum atomic E-state index is -0.00146. The van der Waals surface area contributed by atoms with E-state index in [4.69, 9.17) is 10.6 Å². The molecule has 1 unspecified atom stereocenters. The Kier molecular flexibility index (Phi) is 6.53. The molecule has 5 heteroatoms. The van der Waals surface area contributed by atoms with E-state index in [2.05, 4.69) is 44.2 Å². The van der Waals surface area contributed by atoms with Crippen LogP contribution in [0.3, 0.4) is 0 Å². The monoisotopic (exact) mass is 350 g/mol. The molecule has 0 saturated carbocycles. The number of nitrogens with two attached hydrogens (primary N) is 1. The Hall–Kier alpha value is 0.0600. The van der Waals surface area contributed by atoms with Crippen LogP contribution in [-0.2, 0) is 4.74 Å². The van der Waals surface area contributed by atoms with Crippen LogP contribution in [-0.4, -0.2) is 13.2 Å². The standard InChI is InChI=1S/C11H16Br2N2O/c1-2-5-16-7-11(15-14)9-6-8(12)3-4-10(9)13/h3-4,6,11,15H,2,5,7,14H2,1H3. The molecule has 0 bridgehead atoms. The fraction of sp³-hybridized carbons (Fsp3) is 0.455. The number of rotatable bonds is 6. The lowest BCUT2D eigenvalue weighted by molar-refractivity contribution is 0.112. The molecule has 0 radical (unpaired) electrons. The van der Waals surface area contributed by atoms with E-state index in [9.17, 15) is 0 Å². The van der Waals surface area contributed by atoms with Gasteiger partial charge in [0.2, 0.25) is 0 Å². The van der Waals surface area contributed by atoms with Gasteiger partial charge in [0.1, 0.15) is 0 Å². The summed E-state index contributed by atoms with van der Waals surface area (Å²) in [5.41, 5.74) is 3.86. The molecule has 3 nitrogen and oxygen atoms in total. The number of hydrogen-bond acceptors (Lipinski definition) is 3. The molecule has 0 aliphatic rings. The molecule has 0 aliphatic heterocycles. The molecule has 0 amide bonds. The maximum Gasteiger partial charge on any atom is 0.0705 e. The number of halogens is 2. The predicted octanol–water partition coefficient (Wildman–Crippen LogP) is 3.14.